The maximum absolute atomic E-state index is 12.3. The summed E-state index contributed by atoms with van der Waals surface area (Å²) in [6.07, 6.45) is 8.31. The van der Waals surface area contributed by atoms with Crippen LogP contribution in [0.25, 0.3) is 17.0 Å². The Morgan fingerprint density at radius 3 is 2.27 bits per heavy atom. The summed E-state index contributed by atoms with van der Waals surface area (Å²) in [5, 5.41) is 1.71. The van der Waals surface area contributed by atoms with E-state index in [1.807, 2.05) is 19.2 Å². The lowest BCUT2D eigenvalue weighted by Gasteiger charge is -2.39. The van der Waals surface area contributed by atoms with Crippen molar-refractivity contribution in [3.63, 3.8) is 0 Å². The Kier molecular flexibility index (Phi) is 10.8. The van der Waals surface area contributed by atoms with Gasteiger partial charge in [-0.15, -0.1) is 0 Å². The molecule has 4 heterocycles. The fourth-order valence-corrected chi connectivity index (χ4v) is 7.16. The molecule has 8 nitrogen and oxygen atoms in total. The molecule has 3 aromatic rings. The number of aromatic nitrogens is 1. The lowest BCUT2D eigenvalue weighted by Crippen LogP contribution is -2.48. The smallest absolute Gasteiger partial charge is 0.177 e. The minimum atomic E-state index is -0.0450. The molecule has 1 N–H and O–H groups in total. The number of nitrogens with zero attached hydrogens (tertiary/aromatic N) is 6. The first-order chi connectivity index (χ1) is 23.7. The highest BCUT2D eigenvalue weighted by atomic mass is 16.1. The molecule has 2 fully saturated rings. The molecule has 6 rings (SSSR count). The number of nitrogens with one attached hydrogen (secondary N) is 1. The van der Waals surface area contributed by atoms with Gasteiger partial charge in [-0.25, -0.2) is 0 Å². The van der Waals surface area contributed by atoms with Gasteiger partial charge in [0.2, 0.25) is 0 Å². The van der Waals surface area contributed by atoms with Crippen molar-refractivity contribution in [1.29, 1.82) is 0 Å². The Hall–Kier alpha value is -4.53. The first kappa shape index (κ1) is 34.3. The van der Waals surface area contributed by atoms with Crippen molar-refractivity contribution < 1.29 is 4.79 Å². The molecule has 2 aromatic carbocycles. The second-order valence-electron chi connectivity index (χ2n) is 13.7. The van der Waals surface area contributed by atoms with E-state index in [9.17, 15) is 4.79 Å². The van der Waals surface area contributed by atoms with E-state index in [1.165, 1.54) is 41.8 Å². The predicted octanol–water partition coefficient (Wildman–Crippen LogP) is 6.64. The Bertz CT molecular complexity index is 1740. The SMILES string of the molecule is C=C1C(=NC)C=C(c2ccc(-c3ccc(CN4CCC(CN5CCN(c6ccc(C)c(C)c6)CC5)CC4)cn3)cc2)NN1/C(=C\C)C(C)=O. The lowest BCUT2D eigenvalue weighted by molar-refractivity contribution is -0.115. The zero-order chi connectivity index (χ0) is 34.5. The predicted molar refractivity (Wildman–Crippen MR) is 202 cm³/mol. The van der Waals surface area contributed by atoms with E-state index in [2.05, 4.69) is 100 Å². The molecule has 0 aliphatic carbocycles. The Morgan fingerprint density at radius 1 is 0.939 bits per heavy atom. The quantitative estimate of drug-likeness (QED) is 0.259. The molecule has 0 radical (unpaired) electrons. The van der Waals surface area contributed by atoms with E-state index in [0.29, 0.717) is 11.4 Å². The monoisotopic (exact) mass is 657 g/mol. The number of hydrogen-bond acceptors (Lipinski definition) is 8. The number of aliphatic imine (C=N–C) groups is 1. The molecule has 0 unspecified atom stereocenters. The van der Waals surface area contributed by atoms with Crippen LogP contribution in [-0.2, 0) is 11.3 Å². The van der Waals surface area contributed by atoms with Crippen molar-refractivity contribution in [3.05, 3.63) is 113 Å². The largest absolute Gasteiger partial charge is 0.369 e. The number of ketones is 1. The van der Waals surface area contributed by atoms with Crippen LogP contribution >= 0.6 is 0 Å². The average molecular weight is 658 g/mol. The van der Waals surface area contributed by atoms with Crippen molar-refractivity contribution >= 4 is 22.9 Å². The summed E-state index contributed by atoms with van der Waals surface area (Å²) in [7, 11) is 1.73. The summed E-state index contributed by atoms with van der Waals surface area (Å²) in [6.45, 7) is 21.0. The van der Waals surface area contributed by atoms with Crippen LogP contribution < -0.4 is 10.3 Å². The standard InChI is InChI=1S/C41H51N7O/c1-7-41(32(5)49)48-31(4)39(42-6)25-40(44-48)36-12-10-35(11-13-36)38-15-9-34(26-43-38)28-45-18-16-33(17-19-45)27-46-20-22-47(23-21-46)37-14-8-29(2)30(3)24-37/h7-15,24-26,33,44H,4,16-23,27-28H2,1-3,5-6H3/b41-7-,42-39?. The number of hydrogen-bond donors (Lipinski definition) is 1. The number of hydrazine groups is 1. The van der Waals surface area contributed by atoms with Gasteiger partial charge < -0.3 is 4.90 Å². The second kappa shape index (κ2) is 15.3. The van der Waals surface area contributed by atoms with E-state index in [4.69, 9.17) is 4.98 Å². The second-order valence-corrected chi connectivity index (χ2v) is 13.7. The van der Waals surface area contributed by atoms with Crippen LogP contribution in [-0.4, -0.2) is 84.1 Å². The molecular formula is C41H51N7O. The normalized spacial score (nSPS) is 19.3. The van der Waals surface area contributed by atoms with Gasteiger partial charge in [0.25, 0.3) is 0 Å². The zero-order valence-electron chi connectivity index (χ0n) is 29.9. The third kappa shape index (κ3) is 8.03. The third-order valence-corrected chi connectivity index (χ3v) is 10.4. The number of carbonyl (C=O) groups excluding carboxylic acids is 1. The van der Waals surface area contributed by atoms with Crippen molar-refractivity contribution in [3.8, 4) is 11.3 Å². The van der Waals surface area contributed by atoms with Crippen molar-refractivity contribution in [2.45, 2.75) is 47.1 Å². The van der Waals surface area contributed by atoms with Gasteiger partial charge in [-0.3, -0.25) is 35.0 Å². The number of anilines is 1. The number of Topliss-reactive ketones (excluding diaryl/α,β-unsaturated/α-hetero) is 1. The highest BCUT2D eigenvalue weighted by molar-refractivity contribution is 6.13. The van der Waals surface area contributed by atoms with Crippen LogP contribution in [0.1, 0.15) is 48.9 Å². The van der Waals surface area contributed by atoms with Gasteiger partial charge in [-0.1, -0.05) is 49.1 Å². The number of piperazine rings is 1. The molecule has 3 aliphatic heterocycles. The van der Waals surface area contributed by atoms with Crippen LogP contribution in [0.3, 0.4) is 0 Å². The van der Waals surface area contributed by atoms with Crippen LogP contribution in [0.5, 0.6) is 0 Å². The molecule has 0 atom stereocenters. The molecule has 1 aromatic heterocycles. The van der Waals surface area contributed by atoms with Crippen LogP contribution in [0.15, 0.2) is 95.9 Å². The summed E-state index contributed by atoms with van der Waals surface area (Å²) in [5.41, 5.74) is 14.5. The fourth-order valence-electron chi connectivity index (χ4n) is 7.16. The van der Waals surface area contributed by atoms with Gasteiger partial charge in [0, 0.05) is 70.7 Å². The zero-order valence-corrected chi connectivity index (χ0v) is 29.9. The number of benzene rings is 2. The van der Waals surface area contributed by atoms with E-state index in [0.717, 1.165) is 80.0 Å². The number of rotatable bonds is 9. The van der Waals surface area contributed by atoms with Gasteiger partial charge in [0.05, 0.1) is 22.8 Å². The highest BCUT2D eigenvalue weighted by Gasteiger charge is 2.26. The van der Waals surface area contributed by atoms with Crippen molar-refractivity contribution in [2.24, 2.45) is 10.9 Å². The van der Waals surface area contributed by atoms with E-state index < -0.39 is 0 Å². The Balaban J connectivity index is 0.980. The molecule has 0 bridgehead atoms. The number of likely N-dealkylation sites (tertiary alicyclic amines) is 1. The summed E-state index contributed by atoms with van der Waals surface area (Å²) in [4.78, 5) is 29.3. The molecule has 2 saturated heterocycles. The molecule has 49 heavy (non-hydrogen) atoms. The summed E-state index contributed by atoms with van der Waals surface area (Å²) >= 11 is 0. The number of carbonyl (C=O) groups is 1. The van der Waals surface area contributed by atoms with E-state index >= 15 is 0 Å². The maximum Gasteiger partial charge on any atom is 0.177 e. The van der Waals surface area contributed by atoms with Gasteiger partial charge in [0.1, 0.15) is 5.70 Å². The number of pyridine rings is 1. The summed E-state index contributed by atoms with van der Waals surface area (Å²) in [6, 6.07) is 19.6. The molecular weight excluding hydrogens is 606 g/mol. The minimum absolute atomic E-state index is 0.0450. The number of piperidine rings is 1. The van der Waals surface area contributed by atoms with Crippen LogP contribution in [0, 0.1) is 19.8 Å². The molecule has 3 aliphatic rings. The van der Waals surface area contributed by atoms with Crippen LogP contribution in [0.2, 0.25) is 0 Å². The minimum Gasteiger partial charge on any atom is -0.369 e. The maximum atomic E-state index is 12.3. The van der Waals surface area contributed by atoms with Gasteiger partial charge >= 0.3 is 0 Å². The van der Waals surface area contributed by atoms with Crippen molar-refractivity contribution in [1.82, 2.24) is 25.2 Å². The summed E-state index contributed by atoms with van der Waals surface area (Å²) < 4.78 is 0. The van der Waals surface area contributed by atoms with Gasteiger partial charge in [-0.05, 0) is 99.1 Å². The lowest BCUT2D eigenvalue weighted by atomic mass is 9.95. The highest BCUT2D eigenvalue weighted by Crippen LogP contribution is 2.27. The molecule has 0 amide bonds. The first-order valence-electron chi connectivity index (χ1n) is 17.7. The average Bonchev–Trinajstić information content (AvgIpc) is 3.12. The fraction of sp³-hybridized carbons (Fsp3) is 0.390. The summed E-state index contributed by atoms with van der Waals surface area (Å²) in [5.74, 6) is 0.742. The topological polar surface area (TPSA) is 67.3 Å². The molecule has 256 valence electrons. The van der Waals surface area contributed by atoms with E-state index in [-0.39, 0.29) is 5.78 Å². The Morgan fingerprint density at radius 2 is 1.65 bits per heavy atom. The molecule has 0 saturated carbocycles. The van der Waals surface area contributed by atoms with Crippen LogP contribution in [0.4, 0.5) is 5.69 Å². The molecule has 8 heteroatoms. The third-order valence-electron chi connectivity index (χ3n) is 10.4. The van der Waals surface area contributed by atoms with Gasteiger partial charge in [0.15, 0.2) is 5.78 Å². The first-order valence-corrected chi connectivity index (χ1v) is 17.7. The molecule has 0 spiro atoms. The van der Waals surface area contributed by atoms with Crippen molar-refractivity contribution in [2.75, 3.05) is 57.8 Å². The van der Waals surface area contributed by atoms with Gasteiger partial charge in [-0.2, -0.15) is 0 Å². The van der Waals surface area contributed by atoms with E-state index in [1.54, 1.807) is 25.1 Å². The Labute approximate surface area is 292 Å². The number of allylic oxidation sites excluding steroid dienone is 3. The number of aryl methyl sites for hydroxylation is 2.